The molecule has 90 valence electrons. The van der Waals surface area contributed by atoms with Gasteiger partial charge in [-0.3, -0.25) is 4.79 Å². The van der Waals surface area contributed by atoms with Crippen molar-refractivity contribution in [1.29, 1.82) is 0 Å². The lowest BCUT2D eigenvalue weighted by Crippen LogP contribution is -2.34. The van der Waals surface area contributed by atoms with Crippen LogP contribution < -0.4 is 0 Å². The van der Waals surface area contributed by atoms with Gasteiger partial charge in [0.15, 0.2) is 5.66 Å². The van der Waals surface area contributed by atoms with Gasteiger partial charge in [-0.25, -0.2) is 0 Å². The van der Waals surface area contributed by atoms with Gasteiger partial charge in [0.1, 0.15) is 0 Å². The molecule has 5 heteroatoms. The summed E-state index contributed by atoms with van der Waals surface area (Å²) in [5, 5.41) is 7.86. The predicted molar refractivity (Wildman–Crippen MR) is 61.2 cm³/mol. The molecule has 2 aliphatic heterocycles. The molecule has 5 nitrogen and oxygen atoms in total. The third kappa shape index (κ3) is 3.01. The van der Waals surface area contributed by atoms with Crippen LogP contribution in [0.2, 0.25) is 0 Å². The topological polar surface area (TPSA) is 48.3 Å². The largest absolute Gasteiger partial charge is 0.341 e. The first-order valence-corrected chi connectivity index (χ1v) is 5.99. The summed E-state index contributed by atoms with van der Waals surface area (Å²) in [5.74, 6) is 0.258. The van der Waals surface area contributed by atoms with Gasteiger partial charge < -0.3 is 9.80 Å². The fourth-order valence-electron chi connectivity index (χ4n) is 1.98. The van der Waals surface area contributed by atoms with E-state index in [0.29, 0.717) is 6.42 Å². The summed E-state index contributed by atoms with van der Waals surface area (Å²) in [6, 6.07) is 0. The molecule has 0 aromatic carbocycles. The highest BCUT2D eigenvalue weighted by molar-refractivity contribution is 5.76. The second-order valence-electron chi connectivity index (χ2n) is 4.95. The van der Waals surface area contributed by atoms with E-state index in [0.717, 1.165) is 39.0 Å². The maximum absolute atomic E-state index is 12.0. The molecule has 0 aliphatic carbocycles. The van der Waals surface area contributed by atoms with Crippen molar-refractivity contribution in [2.75, 3.05) is 33.2 Å². The van der Waals surface area contributed by atoms with E-state index in [-0.39, 0.29) is 11.6 Å². The van der Waals surface area contributed by atoms with E-state index in [2.05, 4.69) is 22.2 Å². The number of hydrogen-bond acceptors (Lipinski definition) is 4. The monoisotopic (exact) mass is 224 g/mol. The Morgan fingerprint density at radius 3 is 2.69 bits per heavy atom. The van der Waals surface area contributed by atoms with Gasteiger partial charge in [0.05, 0.1) is 0 Å². The molecule has 16 heavy (non-hydrogen) atoms. The molecule has 0 spiro atoms. The molecule has 0 aromatic rings. The van der Waals surface area contributed by atoms with Crippen molar-refractivity contribution >= 4 is 5.91 Å². The van der Waals surface area contributed by atoms with Gasteiger partial charge in [-0.1, -0.05) is 0 Å². The molecular formula is C11H20N4O. The Balaban J connectivity index is 1.75. The molecule has 2 aliphatic rings. The van der Waals surface area contributed by atoms with Crippen LogP contribution in [0.15, 0.2) is 10.2 Å². The summed E-state index contributed by atoms with van der Waals surface area (Å²) in [6.07, 6.45) is 2.42. The molecule has 0 saturated carbocycles. The van der Waals surface area contributed by atoms with Crippen LogP contribution in [-0.2, 0) is 4.79 Å². The molecule has 0 radical (unpaired) electrons. The number of nitrogens with zero attached hydrogens (tertiary/aromatic N) is 4. The summed E-state index contributed by atoms with van der Waals surface area (Å²) in [5.41, 5.74) is -0.238. The van der Waals surface area contributed by atoms with Crippen molar-refractivity contribution in [3.63, 3.8) is 0 Å². The van der Waals surface area contributed by atoms with Gasteiger partial charge in [0.25, 0.3) is 0 Å². The highest BCUT2D eigenvalue weighted by Gasteiger charge is 2.34. The first kappa shape index (κ1) is 11.5. The molecule has 1 saturated heterocycles. The van der Waals surface area contributed by atoms with E-state index in [1.165, 1.54) is 0 Å². The lowest BCUT2D eigenvalue weighted by atomic mass is 10.1. The fourth-order valence-corrected chi connectivity index (χ4v) is 1.98. The van der Waals surface area contributed by atoms with Crippen LogP contribution in [0.4, 0.5) is 0 Å². The van der Waals surface area contributed by atoms with Crippen molar-refractivity contribution in [3.8, 4) is 0 Å². The van der Waals surface area contributed by atoms with Gasteiger partial charge >= 0.3 is 0 Å². The quantitative estimate of drug-likeness (QED) is 0.721. The second kappa shape index (κ2) is 4.49. The van der Waals surface area contributed by atoms with Gasteiger partial charge in [-0.15, -0.1) is 0 Å². The molecule has 0 unspecified atom stereocenters. The van der Waals surface area contributed by atoms with Crippen LogP contribution in [0.5, 0.6) is 0 Å². The van der Waals surface area contributed by atoms with Crippen LogP contribution in [0.1, 0.15) is 26.2 Å². The number of hydrogen-bond donors (Lipinski definition) is 0. The number of rotatable bonds is 3. The van der Waals surface area contributed by atoms with Gasteiger partial charge in [-0.2, -0.15) is 10.2 Å². The van der Waals surface area contributed by atoms with Crippen LogP contribution in [0.25, 0.3) is 0 Å². The number of carbonyl (C=O) groups excluding carboxylic acids is 1. The number of likely N-dealkylation sites (N-methyl/N-ethyl adjacent to an activating group) is 1. The Hall–Kier alpha value is -0.970. The van der Waals surface area contributed by atoms with Crippen molar-refractivity contribution in [2.45, 2.75) is 31.8 Å². The molecular weight excluding hydrogens is 204 g/mol. The first-order valence-electron chi connectivity index (χ1n) is 5.99. The average Bonchev–Trinajstić information content (AvgIpc) is 3.01. The van der Waals surface area contributed by atoms with Gasteiger partial charge in [0.2, 0.25) is 5.91 Å². The summed E-state index contributed by atoms with van der Waals surface area (Å²) >= 11 is 0. The van der Waals surface area contributed by atoms with Crippen molar-refractivity contribution < 1.29 is 4.79 Å². The number of carbonyl (C=O) groups is 1. The molecule has 0 N–H and O–H groups in total. The van der Waals surface area contributed by atoms with E-state index in [9.17, 15) is 4.79 Å². The maximum Gasteiger partial charge on any atom is 0.222 e. The smallest absolute Gasteiger partial charge is 0.222 e. The molecule has 2 rings (SSSR count). The molecule has 1 amide bonds. The van der Waals surface area contributed by atoms with Crippen molar-refractivity contribution in [3.05, 3.63) is 0 Å². The zero-order valence-electron chi connectivity index (χ0n) is 10.1. The predicted octanol–water partition coefficient (Wildman–Crippen LogP) is 1.11. The Bertz CT molecular complexity index is 296. The summed E-state index contributed by atoms with van der Waals surface area (Å²) in [7, 11) is 2.11. The lowest BCUT2D eigenvalue weighted by Gasteiger charge is -2.20. The lowest BCUT2D eigenvalue weighted by molar-refractivity contribution is -0.131. The van der Waals surface area contributed by atoms with E-state index < -0.39 is 0 Å². The van der Waals surface area contributed by atoms with E-state index in [4.69, 9.17) is 0 Å². The third-order valence-electron chi connectivity index (χ3n) is 3.33. The summed E-state index contributed by atoms with van der Waals surface area (Å²) in [4.78, 5) is 16.2. The summed E-state index contributed by atoms with van der Waals surface area (Å²) in [6.45, 7) is 5.80. The molecule has 0 aromatic heterocycles. The second-order valence-corrected chi connectivity index (χ2v) is 4.95. The normalized spacial score (nSPS) is 24.2. The Morgan fingerprint density at radius 1 is 1.25 bits per heavy atom. The zero-order valence-corrected chi connectivity index (χ0v) is 10.1. The Kier molecular flexibility index (Phi) is 3.23. The van der Waals surface area contributed by atoms with Crippen LogP contribution in [0, 0.1) is 0 Å². The molecule has 2 heterocycles. The Morgan fingerprint density at radius 2 is 2.00 bits per heavy atom. The minimum atomic E-state index is -0.238. The van der Waals surface area contributed by atoms with Crippen molar-refractivity contribution in [2.24, 2.45) is 10.2 Å². The van der Waals surface area contributed by atoms with Crippen LogP contribution >= 0.6 is 0 Å². The molecule has 1 fully saturated rings. The van der Waals surface area contributed by atoms with Gasteiger partial charge in [-0.05, 0) is 26.9 Å². The van der Waals surface area contributed by atoms with E-state index in [1.54, 1.807) is 0 Å². The first-order chi connectivity index (χ1) is 7.59. The highest BCUT2D eigenvalue weighted by atomic mass is 16.2. The summed E-state index contributed by atoms with van der Waals surface area (Å²) < 4.78 is 0. The Labute approximate surface area is 96.5 Å². The zero-order chi connectivity index (χ0) is 11.6. The average molecular weight is 224 g/mol. The maximum atomic E-state index is 12.0. The van der Waals surface area contributed by atoms with Crippen LogP contribution in [-0.4, -0.2) is 54.6 Å². The highest BCUT2D eigenvalue weighted by Crippen LogP contribution is 2.32. The minimum absolute atomic E-state index is 0.238. The van der Waals surface area contributed by atoms with Gasteiger partial charge in [0, 0.05) is 32.5 Å². The van der Waals surface area contributed by atoms with E-state index >= 15 is 0 Å². The van der Waals surface area contributed by atoms with Crippen LogP contribution in [0.3, 0.4) is 0 Å². The SMILES string of the molecule is CN1CCCN(C(=O)CCC2(C)N=N2)CC1. The number of amides is 1. The van der Waals surface area contributed by atoms with Crippen molar-refractivity contribution in [1.82, 2.24) is 9.80 Å². The third-order valence-corrected chi connectivity index (χ3v) is 3.33. The minimum Gasteiger partial charge on any atom is -0.341 e. The standard InChI is InChI=1S/C11H20N4O/c1-11(12-13-11)5-4-10(16)15-7-3-6-14(2)8-9-15/h3-9H2,1-2H3. The molecule has 0 bridgehead atoms. The molecule has 0 atom stereocenters. The fraction of sp³-hybridized carbons (Fsp3) is 0.909. The van der Waals surface area contributed by atoms with E-state index in [1.807, 2.05) is 11.8 Å².